The van der Waals surface area contributed by atoms with Gasteiger partial charge in [0.15, 0.2) is 0 Å². The van der Waals surface area contributed by atoms with Crippen LogP contribution in [-0.2, 0) is 20.7 Å². The molecule has 110 valence electrons. The van der Waals surface area contributed by atoms with Gasteiger partial charge >= 0.3 is 5.97 Å². The van der Waals surface area contributed by atoms with E-state index in [1.54, 1.807) is 6.92 Å². The molecule has 0 saturated carbocycles. The summed E-state index contributed by atoms with van der Waals surface area (Å²) in [5.74, 6) is -1.81. The minimum Gasteiger partial charge on any atom is -0.481 e. The first kappa shape index (κ1) is 16.2. The molecular weight excluding hydrogens is 258 g/mol. The number of rotatable bonds is 7. The molecule has 5 nitrogen and oxygen atoms in total. The molecule has 0 spiro atoms. The molecule has 1 amide bonds. The molecule has 5 heteroatoms. The van der Waals surface area contributed by atoms with Crippen molar-refractivity contribution in [3.05, 3.63) is 29.8 Å². The zero-order chi connectivity index (χ0) is 15.1. The number of aliphatic carboxylic acids is 1. The predicted octanol–water partition coefficient (Wildman–Crippen LogP) is 1.95. The Morgan fingerprint density at radius 2 is 1.90 bits per heavy atom. The monoisotopic (exact) mass is 279 g/mol. The zero-order valence-electron chi connectivity index (χ0n) is 12.1. The fourth-order valence-electron chi connectivity index (χ4n) is 1.82. The molecule has 0 radical (unpaired) electrons. The van der Waals surface area contributed by atoms with E-state index in [0.717, 1.165) is 6.42 Å². The van der Waals surface area contributed by atoms with Crippen molar-refractivity contribution in [1.29, 1.82) is 0 Å². The second-order valence-electron chi connectivity index (χ2n) is 4.70. The van der Waals surface area contributed by atoms with Crippen LogP contribution in [0, 0.1) is 5.92 Å². The summed E-state index contributed by atoms with van der Waals surface area (Å²) in [6, 6.07) is 7.55. The van der Waals surface area contributed by atoms with Gasteiger partial charge in [0.1, 0.15) is 6.61 Å². The van der Waals surface area contributed by atoms with Crippen LogP contribution < -0.4 is 4.90 Å². The summed E-state index contributed by atoms with van der Waals surface area (Å²) >= 11 is 0. The van der Waals surface area contributed by atoms with Crippen LogP contribution in [0.15, 0.2) is 24.3 Å². The number of benzene rings is 1. The van der Waals surface area contributed by atoms with Crippen molar-refractivity contribution in [1.82, 2.24) is 0 Å². The molecule has 20 heavy (non-hydrogen) atoms. The van der Waals surface area contributed by atoms with E-state index in [9.17, 15) is 9.59 Å². The van der Waals surface area contributed by atoms with Crippen LogP contribution in [0.25, 0.3) is 0 Å². The minimum absolute atomic E-state index is 0.0676. The standard InChI is InChI=1S/C15H21NO4/c1-4-12-5-7-13(8-6-12)16(14(17)10-20-3)9-11(2)15(18)19/h5-8,11H,4,9-10H2,1-3H3,(H,18,19). The second-order valence-corrected chi connectivity index (χ2v) is 4.70. The number of carbonyl (C=O) groups excluding carboxylic acids is 1. The Hall–Kier alpha value is -1.88. The van der Waals surface area contributed by atoms with Gasteiger partial charge in [-0.3, -0.25) is 9.59 Å². The Morgan fingerprint density at radius 3 is 2.35 bits per heavy atom. The zero-order valence-corrected chi connectivity index (χ0v) is 12.1. The van der Waals surface area contributed by atoms with Crippen molar-refractivity contribution >= 4 is 17.6 Å². The third-order valence-electron chi connectivity index (χ3n) is 3.10. The first-order valence-corrected chi connectivity index (χ1v) is 6.60. The lowest BCUT2D eigenvalue weighted by atomic mass is 10.1. The molecule has 1 rings (SSSR count). The van der Waals surface area contributed by atoms with Gasteiger partial charge in [-0.1, -0.05) is 26.0 Å². The Bertz CT molecular complexity index is 455. The van der Waals surface area contributed by atoms with E-state index in [0.29, 0.717) is 5.69 Å². The van der Waals surface area contributed by atoms with Gasteiger partial charge in [0, 0.05) is 19.3 Å². The molecule has 1 unspecified atom stereocenters. The third kappa shape index (κ3) is 4.35. The first-order chi connectivity index (χ1) is 9.49. The van der Waals surface area contributed by atoms with Crippen LogP contribution in [0.4, 0.5) is 5.69 Å². The predicted molar refractivity (Wildman–Crippen MR) is 76.8 cm³/mol. The van der Waals surface area contributed by atoms with Crippen molar-refractivity contribution in [2.24, 2.45) is 5.92 Å². The second kappa shape index (κ2) is 7.65. The fourth-order valence-corrected chi connectivity index (χ4v) is 1.82. The van der Waals surface area contributed by atoms with Gasteiger partial charge in [0.2, 0.25) is 0 Å². The summed E-state index contributed by atoms with van der Waals surface area (Å²) < 4.78 is 4.85. The van der Waals surface area contributed by atoms with Gasteiger partial charge in [0.25, 0.3) is 5.91 Å². The molecule has 0 aliphatic rings. The van der Waals surface area contributed by atoms with Crippen molar-refractivity contribution < 1.29 is 19.4 Å². The summed E-state index contributed by atoms with van der Waals surface area (Å²) in [7, 11) is 1.44. The van der Waals surface area contributed by atoms with Gasteiger partial charge in [0.05, 0.1) is 5.92 Å². The van der Waals surface area contributed by atoms with E-state index >= 15 is 0 Å². The Labute approximate surface area is 119 Å². The number of hydrogen-bond donors (Lipinski definition) is 1. The van der Waals surface area contributed by atoms with Gasteiger partial charge in [-0.15, -0.1) is 0 Å². The van der Waals surface area contributed by atoms with Gasteiger partial charge in [-0.05, 0) is 24.1 Å². The molecule has 1 aromatic rings. The van der Waals surface area contributed by atoms with Crippen molar-refractivity contribution in [2.45, 2.75) is 20.3 Å². The Kier molecular flexibility index (Phi) is 6.18. The number of carboxylic acids is 1. The highest BCUT2D eigenvalue weighted by molar-refractivity contribution is 5.94. The maximum Gasteiger partial charge on any atom is 0.308 e. The van der Waals surface area contributed by atoms with Gasteiger partial charge < -0.3 is 14.7 Å². The average molecular weight is 279 g/mol. The summed E-state index contributed by atoms with van der Waals surface area (Å²) in [5.41, 5.74) is 1.86. The summed E-state index contributed by atoms with van der Waals surface area (Å²) in [5, 5.41) is 9.00. The van der Waals surface area contributed by atoms with Crippen molar-refractivity contribution in [3.8, 4) is 0 Å². The quantitative estimate of drug-likeness (QED) is 0.828. The smallest absolute Gasteiger partial charge is 0.308 e. The molecule has 1 atom stereocenters. The molecule has 0 heterocycles. The number of nitrogens with zero attached hydrogens (tertiary/aromatic N) is 1. The molecule has 0 aliphatic heterocycles. The Morgan fingerprint density at radius 1 is 1.30 bits per heavy atom. The highest BCUT2D eigenvalue weighted by atomic mass is 16.5. The largest absolute Gasteiger partial charge is 0.481 e. The highest BCUT2D eigenvalue weighted by Gasteiger charge is 2.21. The number of aryl methyl sites for hydroxylation is 1. The number of carboxylic acid groups (broad SMARTS) is 1. The van der Waals surface area contributed by atoms with Crippen LogP contribution in [0.5, 0.6) is 0 Å². The summed E-state index contributed by atoms with van der Waals surface area (Å²) in [6.07, 6.45) is 0.915. The molecular formula is C15H21NO4. The van der Waals surface area contributed by atoms with Crippen LogP contribution in [0.1, 0.15) is 19.4 Å². The molecule has 1 aromatic carbocycles. The van der Waals surface area contributed by atoms with Gasteiger partial charge in [-0.25, -0.2) is 0 Å². The summed E-state index contributed by atoms with van der Waals surface area (Å²) in [4.78, 5) is 24.5. The lowest BCUT2D eigenvalue weighted by Crippen LogP contribution is -2.39. The lowest BCUT2D eigenvalue weighted by Gasteiger charge is -2.24. The SMILES string of the molecule is CCc1ccc(N(CC(C)C(=O)O)C(=O)COC)cc1. The third-order valence-corrected chi connectivity index (χ3v) is 3.10. The average Bonchev–Trinajstić information content (AvgIpc) is 2.44. The van der Waals surface area contributed by atoms with E-state index < -0.39 is 11.9 Å². The number of ether oxygens (including phenoxy) is 1. The lowest BCUT2D eigenvalue weighted by molar-refractivity contribution is -0.140. The number of anilines is 1. The van der Waals surface area contributed by atoms with E-state index in [2.05, 4.69) is 6.92 Å². The normalized spacial score (nSPS) is 11.9. The van der Waals surface area contributed by atoms with E-state index in [-0.39, 0.29) is 19.1 Å². The topological polar surface area (TPSA) is 66.8 Å². The van der Waals surface area contributed by atoms with Crippen LogP contribution in [-0.4, -0.2) is 37.2 Å². The van der Waals surface area contributed by atoms with Crippen LogP contribution in [0.3, 0.4) is 0 Å². The molecule has 0 bridgehead atoms. The molecule has 1 N–H and O–H groups in total. The molecule has 0 saturated heterocycles. The van der Waals surface area contributed by atoms with Gasteiger partial charge in [-0.2, -0.15) is 0 Å². The first-order valence-electron chi connectivity index (χ1n) is 6.60. The van der Waals surface area contributed by atoms with Crippen LogP contribution in [0.2, 0.25) is 0 Å². The Balaban J connectivity index is 2.95. The van der Waals surface area contributed by atoms with E-state index in [4.69, 9.17) is 9.84 Å². The maximum absolute atomic E-state index is 12.1. The van der Waals surface area contributed by atoms with Crippen molar-refractivity contribution in [2.75, 3.05) is 25.2 Å². The van der Waals surface area contributed by atoms with E-state index in [1.807, 2.05) is 24.3 Å². The molecule has 0 aliphatic carbocycles. The highest BCUT2D eigenvalue weighted by Crippen LogP contribution is 2.18. The molecule has 0 aromatic heterocycles. The molecule has 0 fully saturated rings. The number of carbonyl (C=O) groups is 2. The summed E-state index contributed by atoms with van der Waals surface area (Å²) in [6.45, 7) is 3.69. The van der Waals surface area contributed by atoms with Crippen molar-refractivity contribution in [3.63, 3.8) is 0 Å². The van der Waals surface area contributed by atoms with E-state index in [1.165, 1.54) is 17.6 Å². The number of hydrogen-bond acceptors (Lipinski definition) is 3. The number of amides is 1. The maximum atomic E-state index is 12.1. The number of methoxy groups -OCH3 is 1. The minimum atomic E-state index is -0.926. The fraction of sp³-hybridized carbons (Fsp3) is 0.467. The van der Waals surface area contributed by atoms with Crippen LogP contribution >= 0.6 is 0 Å².